The molecule has 1 aliphatic carbocycles. The molecule has 0 radical (unpaired) electrons. The number of nitrogens with zero attached hydrogens (tertiary/aromatic N) is 2. The van der Waals surface area contributed by atoms with E-state index < -0.39 is 0 Å². The number of nitrogens with one attached hydrogen (secondary N) is 1. The molecule has 4 heteroatoms. The highest BCUT2D eigenvalue weighted by atomic mass is 32.1. The number of thiazole rings is 1. The van der Waals surface area contributed by atoms with Crippen molar-refractivity contribution in [1.82, 2.24) is 15.2 Å². The zero-order valence-electron chi connectivity index (χ0n) is 13.2. The van der Waals surface area contributed by atoms with Crippen molar-refractivity contribution in [2.24, 2.45) is 11.3 Å². The average Bonchev–Trinajstić information content (AvgIpc) is 2.92. The summed E-state index contributed by atoms with van der Waals surface area (Å²) in [7, 11) is 2.24. The maximum Gasteiger partial charge on any atom is 0.0795 e. The Morgan fingerprint density at radius 2 is 2.20 bits per heavy atom. The van der Waals surface area contributed by atoms with Gasteiger partial charge in [0.1, 0.15) is 0 Å². The van der Waals surface area contributed by atoms with Gasteiger partial charge in [0.15, 0.2) is 0 Å². The second-order valence-corrected chi connectivity index (χ2v) is 7.33. The molecule has 1 aromatic heterocycles. The fourth-order valence-electron chi connectivity index (χ4n) is 3.38. The molecule has 1 aliphatic rings. The van der Waals surface area contributed by atoms with Gasteiger partial charge in [-0.2, -0.15) is 0 Å². The third-order valence-electron chi connectivity index (χ3n) is 4.61. The van der Waals surface area contributed by atoms with Crippen LogP contribution in [0, 0.1) is 11.3 Å². The quantitative estimate of drug-likeness (QED) is 0.836. The van der Waals surface area contributed by atoms with Gasteiger partial charge in [0.25, 0.3) is 0 Å². The first-order chi connectivity index (χ1) is 9.63. The van der Waals surface area contributed by atoms with Crippen LogP contribution in [-0.2, 0) is 6.54 Å². The highest BCUT2D eigenvalue weighted by Gasteiger charge is 2.34. The average molecular weight is 295 g/mol. The summed E-state index contributed by atoms with van der Waals surface area (Å²) in [6.07, 6.45) is 5.50. The number of hydrogen-bond donors (Lipinski definition) is 1. The smallest absolute Gasteiger partial charge is 0.0795 e. The van der Waals surface area contributed by atoms with Crippen molar-refractivity contribution >= 4 is 11.3 Å². The second kappa shape index (κ2) is 7.53. The van der Waals surface area contributed by atoms with E-state index in [2.05, 4.69) is 41.5 Å². The summed E-state index contributed by atoms with van der Waals surface area (Å²) < 4.78 is 0. The Hall–Kier alpha value is -0.450. The van der Waals surface area contributed by atoms with Gasteiger partial charge in [-0.05, 0) is 37.8 Å². The molecule has 0 unspecified atom stereocenters. The van der Waals surface area contributed by atoms with Gasteiger partial charge in [-0.25, -0.2) is 4.98 Å². The van der Waals surface area contributed by atoms with Crippen LogP contribution in [0.25, 0.3) is 0 Å². The highest BCUT2D eigenvalue weighted by molar-refractivity contribution is 7.07. The molecule has 1 heterocycles. The SMILES string of the molecule is CCNCC1(CN(C)Cc2cscn2)CCC(C)CC1. The van der Waals surface area contributed by atoms with Crippen molar-refractivity contribution in [1.29, 1.82) is 0 Å². The first kappa shape index (κ1) is 15.9. The van der Waals surface area contributed by atoms with Gasteiger partial charge in [-0.15, -0.1) is 11.3 Å². The van der Waals surface area contributed by atoms with E-state index in [4.69, 9.17) is 0 Å². The van der Waals surface area contributed by atoms with E-state index in [9.17, 15) is 0 Å². The Balaban J connectivity index is 1.92. The summed E-state index contributed by atoms with van der Waals surface area (Å²) >= 11 is 1.69. The third-order valence-corrected chi connectivity index (χ3v) is 5.24. The summed E-state index contributed by atoms with van der Waals surface area (Å²) in [5, 5.41) is 5.76. The minimum atomic E-state index is 0.466. The Morgan fingerprint density at radius 3 is 2.80 bits per heavy atom. The number of aromatic nitrogens is 1. The summed E-state index contributed by atoms with van der Waals surface area (Å²) in [4.78, 5) is 6.87. The van der Waals surface area contributed by atoms with E-state index >= 15 is 0 Å². The second-order valence-electron chi connectivity index (χ2n) is 6.61. The minimum absolute atomic E-state index is 0.466. The van der Waals surface area contributed by atoms with Crippen molar-refractivity contribution in [3.63, 3.8) is 0 Å². The predicted molar refractivity (Wildman–Crippen MR) is 87.1 cm³/mol. The maximum atomic E-state index is 4.41. The molecule has 114 valence electrons. The van der Waals surface area contributed by atoms with Gasteiger partial charge in [-0.1, -0.05) is 26.7 Å². The molecule has 0 spiro atoms. The molecule has 1 aromatic rings. The maximum absolute atomic E-state index is 4.41. The van der Waals surface area contributed by atoms with Crippen LogP contribution in [-0.4, -0.2) is 36.6 Å². The first-order valence-corrected chi connectivity index (χ1v) is 8.84. The fraction of sp³-hybridized carbons (Fsp3) is 0.812. The molecular weight excluding hydrogens is 266 g/mol. The fourth-order valence-corrected chi connectivity index (χ4v) is 3.93. The van der Waals surface area contributed by atoms with E-state index in [1.807, 2.05) is 5.51 Å². The predicted octanol–water partition coefficient (Wildman–Crippen LogP) is 3.38. The highest BCUT2D eigenvalue weighted by Crippen LogP contribution is 2.39. The Kier molecular flexibility index (Phi) is 6.00. The van der Waals surface area contributed by atoms with Gasteiger partial charge >= 0.3 is 0 Å². The Labute approximate surface area is 127 Å². The molecule has 0 aromatic carbocycles. The number of rotatable bonds is 7. The van der Waals surface area contributed by atoms with Gasteiger partial charge in [0, 0.05) is 25.0 Å². The molecule has 0 amide bonds. The largest absolute Gasteiger partial charge is 0.316 e. The molecule has 0 saturated heterocycles. The van der Waals surface area contributed by atoms with Crippen LogP contribution in [0.2, 0.25) is 0 Å². The van der Waals surface area contributed by atoms with Crippen LogP contribution in [0.3, 0.4) is 0 Å². The van der Waals surface area contributed by atoms with Crippen LogP contribution in [0.1, 0.15) is 45.2 Å². The first-order valence-electron chi connectivity index (χ1n) is 7.90. The molecule has 0 atom stereocenters. The van der Waals surface area contributed by atoms with E-state index in [0.717, 1.165) is 25.6 Å². The Morgan fingerprint density at radius 1 is 1.45 bits per heavy atom. The van der Waals surface area contributed by atoms with E-state index in [-0.39, 0.29) is 0 Å². The van der Waals surface area contributed by atoms with E-state index in [1.165, 1.54) is 37.9 Å². The lowest BCUT2D eigenvalue weighted by Gasteiger charge is -2.42. The van der Waals surface area contributed by atoms with E-state index in [0.29, 0.717) is 5.41 Å². The van der Waals surface area contributed by atoms with Gasteiger partial charge in [0.2, 0.25) is 0 Å². The van der Waals surface area contributed by atoms with Gasteiger partial charge in [0.05, 0.1) is 11.2 Å². The van der Waals surface area contributed by atoms with Gasteiger partial charge < -0.3 is 5.32 Å². The van der Waals surface area contributed by atoms with Crippen LogP contribution in [0.15, 0.2) is 10.9 Å². The lowest BCUT2D eigenvalue weighted by molar-refractivity contribution is 0.0959. The summed E-state index contributed by atoms with van der Waals surface area (Å²) in [5.74, 6) is 0.911. The van der Waals surface area contributed by atoms with Crippen LogP contribution >= 0.6 is 11.3 Å². The van der Waals surface area contributed by atoms with Crippen molar-refractivity contribution in [3.05, 3.63) is 16.6 Å². The summed E-state index contributed by atoms with van der Waals surface area (Å²) in [6.45, 7) is 9.01. The normalized spacial score (nSPS) is 27.1. The standard InChI is InChI=1S/C16H29N3S/c1-4-17-11-16(7-5-14(2)6-8-16)12-19(3)9-15-10-20-13-18-15/h10,13-14,17H,4-9,11-12H2,1-3H3. The summed E-state index contributed by atoms with van der Waals surface area (Å²) in [5.41, 5.74) is 3.60. The Bertz CT molecular complexity index is 364. The van der Waals surface area contributed by atoms with Gasteiger partial charge in [-0.3, -0.25) is 4.90 Å². The molecule has 1 fully saturated rings. The van der Waals surface area contributed by atoms with Crippen LogP contribution in [0.5, 0.6) is 0 Å². The number of hydrogen-bond acceptors (Lipinski definition) is 4. The summed E-state index contributed by atoms with van der Waals surface area (Å²) in [6, 6.07) is 0. The monoisotopic (exact) mass is 295 g/mol. The molecule has 2 rings (SSSR count). The zero-order chi connectivity index (χ0) is 14.4. The zero-order valence-corrected chi connectivity index (χ0v) is 14.0. The van der Waals surface area contributed by atoms with Crippen molar-refractivity contribution in [2.75, 3.05) is 26.7 Å². The third kappa shape index (κ3) is 4.54. The molecule has 1 saturated carbocycles. The molecule has 0 bridgehead atoms. The molecule has 0 aliphatic heterocycles. The van der Waals surface area contributed by atoms with Crippen LogP contribution in [0.4, 0.5) is 0 Å². The molecule has 20 heavy (non-hydrogen) atoms. The molecule has 1 N–H and O–H groups in total. The topological polar surface area (TPSA) is 28.2 Å². The molecular formula is C16H29N3S. The van der Waals surface area contributed by atoms with E-state index in [1.54, 1.807) is 11.3 Å². The lowest BCUT2D eigenvalue weighted by Crippen LogP contribution is -2.45. The van der Waals surface area contributed by atoms with Crippen molar-refractivity contribution < 1.29 is 0 Å². The molecule has 3 nitrogen and oxygen atoms in total. The lowest BCUT2D eigenvalue weighted by atomic mass is 9.70. The van der Waals surface area contributed by atoms with Crippen molar-refractivity contribution in [2.45, 2.75) is 46.1 Å². The van der Waals surface area contributed by atoms with Crippen molar-refractivity contribution in [3.8, 4) is 0 Å². The van der Waals surface area contributed by atoms with Crippen LogP contribution < -0.4 is 5.32 Å². The minimum Gasteiger partial charge on any atom is -0.316 e.